The van der Waals surface area contributed by atoms with E-state index >= 15 is 0 Å². The van der Waals surface area contributed by atoms with Gasteiger partial charge in [0.05, 0.1) is 16.8 Å². The number of nitrogens with zero attached hydrogens (tertiary/aromatic N) is 1. The van der Waals surface area contributed by atoms with Gasteiger partial charge in [0.2, 0.25) is 0 Å². The van der Waals surface area contributed by atoms with E-state index < -0.39 is 0 Å². The lowest BCUT2D eigenvalue weighted by atomic mass is 9.98. The summed E-state index contributed by atoms with van der Waals surface area (Å²) in [6.45, 7) is 3.83. The van der Waals surface area contributed by atoms with Crippen molar-refractivity contribution in [3.05, 3.63) is 59.0 Å². The molecule has 0 saturated heterocycles. The van der Waals surface area contributed by atoms with Crippen molar-refractivity contribution in [2.24, 2.45) is 0 Å². The largest absolute Gasteiger partial charge is 0.508 e. The van der Waals surface area contributed by atoms with Crippen molar-refractivity contribution >= 4 is 16.8 Å². The van der Waals surface area contributed by atoms with Gasteiger partial charge in [-0.25, -0.2) is 4.98 Å². The number of phenolic OH excluding ortho intramolecular Hbond substituents is 1. The highest BCUT2D eigenvalue weighted by molar-refractivity contribution is 6.27. The monoisotopic (exact) mass is 330 g/mol. The number of aryl methyl sites for hydroxylation is 2. The van der Waals surface area contributed by atoms with Crippen LogP contribution in [0.15, 0.2) is 40.9 Å². The van der Waals surface area contributed by atoms with Crippen LogP contribution in [-0.2, 0) is 0 Å². The number of carbonyl (C=O) groups excluding carboxylic acids is 1. The van der Waals surface area contributed by atoms with Gasteiger partial charge in [-0.15, -0.1) is 0 Å². The Labute approximate surface area is 142 Å². The standard InChI is InChI=1S/C20H14N2O3/c1-9-8-21-20-14(9)15-16(18(24)13-7-10(2)25-19(13)15)17(22-20)11-3-5-12(23)6-4-11/h3-8,23H,1-2H3,(H,21,22). The van der Waals surface area contributed by atoms with Crippen LogP contribution in [0.3, 0.4) is 0 Å². The SMILES string of the molecule is Cc1cc2c(o1)-c1c(c(-c3ccc(O)cc3)nc3[nH]cc(C)c13)C2=O. The highest BCUT2D eigenvalue weighted by Gasteiger charge is 2.36. The molecule has 1 aromatic carbocycles. The third kappa shape index (κ3) is 1.78. The number of ketones is 1. The van der Waals surface area contributed by atoms with Gasteiger partial charge >= 0.3 is 0 Å². The average molecular weight is 330 g/mol. The molecule has 0 aliphatic heterocycles. The molecule has 5 heteroatoms. The van der Waals surface area contributed by atoms with Crippen molar-refractivity contribution in [1.29, 1.82) is 0 Å². The predicted molar refractivity (Wildman–Crippen MR) is 93.8 cm³/mol. The molecule has 1 aliphatic carbocycles. The van der Waals surface area contributed by atoms with Gasteiger partial charge in [-0.2, -0.15) is 0 Å². The quantitative estimate of drug-likeness (QED) is 0.479. The smallest absolute Gasteiger partial charge is 0.199 e. The van der Waals surface area contributed by atoms with Gasteiger partial charge in [-0.1, -0.05) is 0 Å². The van der Waals surface area contributed by atoms with Crippen LogP contribution in [0.25, 0.3) is 33.6 Å². The first-order valence-electron chi connectivity index (χ1n) is 8.01. The number of aromatic nitrogens is 2. The van der Waals surface area contributed by atoms with E-state index in [1.54, 1.807) is 30.3 Å². The number of benzene rings is 1. The van der Waals surface area contributed by atoms with Crippen LogP contribution in [0.5, 0.6) is 5.75 Å². The number of rotatable bonds is 1. The number of hydrogen-bond acceptors (Lipinski definition) is 4. The molecule has 122 valence electrons. The number of aromatic hydroxyl groups is 1. The predicted octanol–water partition coefficient (Wildman–Crippen LogP) is 4.36. The van der Waals surface area contributed by atoms with E-state index in [4.69, 9.17) is 9.40 Å². The zero-order chi connectivity index (χ0) is 17.3. The molecule has 3 heterocycles. The molecular formula is C20H14N2O3. The number of pyridine rings is 1. The lowest BCUT2D eigenvalue weighted by Gasteiger charge is -2.09. The second-order valence-electron chi connectivity index (χ2n) is 6.38. The molecule has 25 heavy (non-hydrogen) atoms. The van der Waals surface area contributed by atoms with Crippen LogP contribution >= 0.6 is 0 Å². The molecule has 5 nitrogen and oxygen atoms in total. The lowest BCUT2D eigenvalue weighted by molar-refractivity contribution is 0.104. The maximum Gasteiger partial charge on any atom is 0.199 e. The van der Waals surface area contributed by atoms with Gasteiger partial charge in [0.1, 0.15) is 22.9 Å². The van der Waals surface area contributed by atoms with Crippen molar-refractivity contribution in [2.45, 2.75) is 13.8 Å². The minimum absolute atomic E-state index is 0.0695. The number of furan rings is 1. The zero-order valence-electron chi connectivity index (χ0n) is 13.7. The molecule has 1 aliphatic rings. The fourth-order valence-corrected chi connectivity index (χ4v) is 3.60. The van der Waals surface area contributed by atoms with Gasteiger partial charge in [-0.3, -0.25) is 4.79 Å². The topological polar surface area (TPSA) is 79.1 Å². The number of carbonyl (C=O) groups is 1. The van der Waals surface area contributed by atoms with Crippen LogP contribution in [-0.4, -0.2) is 20.9 Å². The Balaban J connectivity index is 1.93. The minimum atomic E-state index is -0.0695. The summed E-state index contributed by atoms with van der Waals surface area (Å²) in [4.78, 5) is 21.0. The fraction of sp³-hybridized carbons (Fsp3) is 0.100. The highest BCUT2D eigenvalue weighted by Crippen LogP contribution is 2.46. The molecule has 0 saturated carbocycles. The molecule has 0 atom stereocenters. The average Bonchev–Trinajstić information content (AvgIpc) is 3.23. The molecule has 5 rings (SSSR count). The summed E-state index contributed by atoms with van der Waals surface area (Å²) in [5, 5.41) is 10.5. The number of nitrogens with one attached hydrogen (secondary N) is 1. The molecule has 0 bridgehead atoms. The van der Waals surface area contributed by atoms with E-state index in [2.05, 4.69) is 4.98 Å². The second-order valence-corrected chi connectivity index (χ2v) is 6.38. The van der Waals surface area contributed by atoms with E-state index in [1.165, 1.54) is 0 Å². The number of aromatic amines is 1. The number of fused-ring (bicyclic) bond motifs is 5. The summed E-state index contributed by atoms with van der Waals surface area (Å²) in [6.07, 6.45) is 1.89. The van der Waals surface area contributed by atoms with E-state index in [1.807, 2.05) is 20.0 Å². The highest BCUT2D eigenvalue weighted by atomic mass is 16.3. The first-order chi connectivity index (χ1) is 12.0. The molecule has 0 fully saturated rings. The molecule has 3 aromatic heterocycles. The Morgan fingerprint density at radius 1 is 1.12 bits per heavy atom. The van der Waals surface area contributed by atoms with Gasteiger partial charge in [-0.05, 0) is 49.7 Å². The molecule has 0 radical (unpaired) electrons. The molecule has 0 amide bonds. The molecule has 0 unspecified atom stereocenters. The van der Waals surface area contributed by atoms with E-state index in [-0.39, 0.29) is 11.5 Å². The number of H-pyrrole nitrogens is 1. The van der Waals surface area contributed by atoms with Gasteiger partial charge < -0.3 is 14.5 Å². The molecule has 0 spiro atoms. The Morgan fingerprint density at radius 2 is 1.88 bits per heavy atom. The third-order valence-corrected chi connectivity index (χ3v) is 4.71. The van der Waals surface area contributed by atoms with Gasteiger partial charge in [0.25, 0.3) is 0 Å². The molecule has 4 aromatic rings. The van der Waals surface area contributed by atoms with Gasteiger partial charge in [0, 0.05) is 22.7 Å². The Hall–Kier alpha value is -3.34. The first kappa shape index (κ1) is 14.0. The van der Waals surface area contributed by atoms with Crippen molar-refractivity contribution in [3.63, 3.8) is 0 Å². The van der Waals surface area contributed by atoms with Gasteiger partial charge in [0.15, 0.2) is 5.78 Å². The van der Waals surface area contributed by atoms with E-state index in [9.17, 15) is 9.90 Å². The Morgan fingerprint density at radius 3 is 2.64 bits per heavy atom. The number of phenols is 1. The molecular weight excluding hydrogens is 316 g/mol. The van der Waals surface area contributed by atoms with Crippen LogP contribution in [0.4, 0.5) is 0 Å². The summed E-state index contributed by atoms with van der Waals surface area (Å²) in [7, 11) is 0. The summed E-state index contributed by atoms with van der Waals surface area (Å²) >= 11 is 0. The van der Waals surface area contributed by atoms with Crippen molar-refractivity contribution in [2.75, 3.05) is 0 Å². The van der Waals surface area contributed by atoms with E-state index in [0.29, 0.717) is 34.0 Å². The first-order valence-corrected chi connectivity index (χ1v) is 8.01. The maximum absolute atomic E-state index is 13.1. The van der Waals surface area contributed by atoms with Crippen LogP contribution in [0.2, 0.25) is 0 Å². The van der Waals surface area contributed by atoms with Crippen molar-refractivity contribution in [3.8, 4) is 28.3 Å². The van der Waals surface area contributed by atoms with E-state index in [0.717, 1.165) is 22.1 Å². The van der Waals surface area contributed by atoms with Crippen molar-refractivity contribution < 1.29 is 14.3 Å². The normalized spacial score (nSPS) is 12.6. The minimum Gasteiger partial charge on any atom is -0.508 e. The molecule has 2 N–H and O–H groups in total. The summed E-state index contributed by atoms with van der Waals surface area (Å²) in [5.74, 6) is 1.44. The Kier molecular flexibility index (Phi) is 2.58. The second kappa shape index (κ2) is 4.60. The maximum atomic E-state index is 13.1. The summed E-state index contributed by atoms with van der Waals surface area (Å²) in [5.41, 5.74) is 5.06. The Bertz CT molecular complexity index is 1180. The van der Waals surface area contributed by atoms with Crippen LogP contribution in [0, 0.1) is 13.8 Å². The lowest BCUT2D eigenvalue weighted by Crippen LogP contribution is -2.01. The fourth-order valence-electron chi connectivity index (χ4n) is 3.60. The summed E-state index contributed by atoms with van der Waals surface area (Å²) < 4.78 is 5.86. The van der Waals surface area contributed by atoms with Crippen molar-refractivity contribution in [1.82, 2.24) is 9.97 Å². The van der Waals surface area contributed by atoms with Crippen LogP contribution < -0.4 is 0 Å². The third-order valence-electron chi connectivity index (χ3n) is 4.71. The number of hydrogen-bond donors (Lipinski definition) is 2. The summed E-state index contributed by atoms with van der Waals surface area (Å²) in [6, 6.07) is 8.49. The zero-order valence-corrected chi connectivity index (χ0v) is 13.7. The van der Waals surface area contributed by atoms with Crippen LogP contribution in [0.1, 0.15) is 27.2 Å².